The van der Waals surface area contributed by atoms with Crippen molar-refractivity contribution < 1.29 is 13.2 Å². The predicted octanol–water partition coefficient (Wildman–Crippen LogP) is 3.79. The summed E-state index contributed by atoms with van der Waals surface area (Å²) >= 11 is 6.08. The Morgan fingerprint density at radius 2 is 2.17 bits per heavy atom. The minimum atomic E-state index is -4.46. The molecule has 1 aliphatic heterocycles. The third-order valence-corrected chi connectivity index (χ3v) is 4.95. The summed E-state index contributed by atoms with van der Waals surface area (Å²) in [4.78, 5) is 14.9. The lowest BCUT2D eigenvalue weighted by Crippen LogP contribution is -2.44. The highest BCUT2D eigenvalue weighted by molar-refractivity contribution is 6.33. The topological polar surface area (TPSA) is 65.4 Å². The molecular weight excluding hydrogens is 417 g/mol. The van der Waals surface area contributed by atoms with Crippen LogP contribution in [-0.2, 0) is 12.7 Å². The lowest BCUT2D eigenvalue weighted by atomic mass is 10.2. The molecule has 1 aliphatic rings. The Morgan fingerprint density at radius 3 is 2.83 bits per heavy atom. The van der Waals surface area contributed by atoms with Crippen molar-refractivity contribution in [1.82, 2.24) is 20.6 Å². The van der Waals surface area contributed by atoms with E-state index in [0.29, 0.717) is 38.0 Å². The van der Waals surface area contributed by atoms with Crippen molar-refractivity contribution in [3.05, 3.63) is 52.4 Å². The van der Waals surface area contributed by atoms with E-state index in [1.807, 2.05) is 36.9 Å². The molecule has 2 N–H and O–H groups in total. The molecule has 2 aromatic heterocycles. The van der Waals surface area contributed by atoms with Crippen LogP contribution in [0.5, 0.6) is 0 Å². The van der Waals surface area contributed by atoms with Gasteiger partial charge in [0.15, 0.2) is 5.96 Å². The Kier molecular flexibility index (Phi) is 7.02. The van der Waals surface area contributed by atoms with Gasteiger partial charge in [0.2, 0.25) is 0 Å². The molecule has 0 aromatic carbocycles. The molecule has 0 radical (unpaired) electrons. The summed E-state index contributed by atoms with van der Waals surface area (Å²) in [5.74, 6) is 1.03. The van der Waals surface area contributed by atoms with E-state index in [4.69, 9.17) is 11.6 Å². The highest BCUT2D eigenvalue weighted by Crippen LogP contribution is 2.34. The van der Waals surface area contributed by atoms with Gasteiger partial charge in [0.25, 0.3) is 0 Å². The zero-order chi connectivity index (χ0) is 21.7. The smallest absolute Gasteiger partial charge is 0.357 e. The van der Waals surface area contributed by atoms with Crippen molar-refractivity contribution in [2.45, 2.75) is 39.0 Å². The quantitative estimate of drug-likeness (QED) is 0.547. The maximum atomic E-state index is 12.8. The van der Waals surface area contributed by atoms with Gasteiger partial charge in [-0.05, 0) is 38.5 Å². The first kappa shape index (κ1) is 22.1. The second kappa shape index (κ2) is 9.51. The lowest BCUT2D eigenvalue weighted by molar-refractivity contribution is -0.137. The maximum absolute atomic E-state index is 12.8. The second-order valence-corrected chi connectivity index (χ2v) is 7.48. The van der Waals surface area contributed by atoms with Crippen molar-refractivity contribution in [2.75, 3.05) is 24.5 Å². The molecule has 2 aromatic rings. The molecule has 1 atom stereocenters. The van der Waals surface area contributed by atoms with Crippen LogP contribution in [0.15, 0.2) is 35.5 Å². The molecule has 30 heavy (non-hydrogen) atoms. The first-order valence-electron chi connectivity index (χ1n) is 9.71. The third kappa shape index (κ3) is 5.75. The summed E-state index contributed by atoms with van der Waals surface area (Å²) in [6.45, 7) is 6.26. The molecule has 3 rings (SSSR count). The van der Waals surface area contributed by atoms with E-state index in [0.717, 1.165) is 30.1 Å². The van der Waals surface area contributed by atoms with Crippen molar-refractivity contribution in [1.29, 1.82) is 0 Å². The van der Waals surface area contributed by atoms with Crippen molar-refractivity contribution in [3.63, 3.8) is 0 Å². The van der Waals surface area contributed by atoms with Gasteiger partial charge in [0, 0.05) is 37.6 Å². The van der Waals surface area contributed by atoms with Crippen LogP contribution >= 0.6 is 11.6 Å². The molecule has 10 heteroatoms. The molecule has 6 nitrogen and oxygen atoms in total. The molecule has 0 amide bonds. The Labute approximate surface area is 178 Å². The van der Waals surface area contributed by atoms with E-state index in [1.54, 1.807) is 0 Å². The van der Waals surface area contributed by atoms with E-state index in [-0.39, 0.29) is 11.1 Å². The number of anilines is 1. The average molecular weight is 441 g/mol. The fourth-order valence-corrected chi connectivity index (χ4v) is 3.54. The average Bonchev–Trinajstić information content (AvgIpc) is 3.14. The minimum absolute atomic E-state index is 0.00318. The zero-order valence-corrected chi connectivity index (χ0v) is 17.6. The molecule has 1 unspecified atom stereocenters. The van der Waals surface area contributed by atoms with Crippen molar-refractivity contribution in [3.8, 4) is 0 Å². The number of halogens is 4. The van der Waals surface area contributed by atoms with Gasteiger partial charge in [-0.3, -0.25) is 4.98 Å². The molecule has 3 heterocycles. The van der Waals surface area contributed by atoms with Crippen LogP contribution in [0.25, 0.3) is 0 Å². The maximum Gasteiger partial charge on any atom is 0.417 e. The van der Waals surface area contributed by atoms with Gasteiger partial charge >= 0.3 is 6.18 Å². The molecule has 0 aliphatic carbocycles. The number of aryl methyl sites for hydroxylation is 1. The summed E-state index contributed by atoms with van der Waals surface area (Å²) in [5.41, 5.74) is 0.963. The van der Waals surface area contributed by atoms with Gasteiger partial charge in [-0.1, -0.05) is 17.7 Å². The molecule has 0 bridgehead atoms. The summed E-state index contributed by atoms with van der Waals surface area (Å²) < 4.78 is 38.5. The first-order chi connectivity index (χ1) is 14.3. The summed E-state index contributed by atoms with van der Waals surface area (Å²) in [7, 11) is 0. The van der Waals surface area contributed by atoms with Crippen LogP contribution in [0.4, 0.5) is 19.0 Å². The highest BCUT2D eigenvalue weighted by atomic mass is 35.5. The van der Waals surface area contributed by atoms with E-state index in [2.05, 4.69) is 25.6 Å². The van der Waals surface area contributed by atoms with E-state index in [9.17, 15) is 13.2 Å². The SMILES string of the molecule is CCNC(=NCc1cccc(C)n1)NC1CCN(c2ncc(C(F)(F)F)cc2Cl)C1. The van der Waals surface area contributed by atoms with Gasteiger partial charge in [0.1, 0.15) is 5.82 Å². The van der Waals surface area contributed by atoms with E-state index in [1.165, 1.54) is 0 Å². The summed E-state index contributed by atoms with van der Waals surface area (Å²) in [5, 5.41) is 6.58. The number of aromatic nitrogens is 2. The van der Waals surface area contributed by atoms with Gasteiger partial charge in [-0.2, -0.15) is 13.2 Å². The number of hydrogen-bond donors (Lipinski definition) is 2. The lowest BCUT2D eigenvalue weighted by Gasteiger charge is -2.21. The van der Waals surface area contributed by atoms with Gasteiger partial charge in [0.05, 0.1) is 22.8 Å². The molecular formula is C20H24ClF3N6. The Hall–Kier alpha value is -2.55. The minimum Gasteiger partial charge on any atom is -0.357 e. The number of hydrogen-bond acceptors (Lipinski definition) is 4. The van der Waals surface area contributed by atoms with Gasteiger partial charge in [-0.25, -0.2) is 9.98 Å². The van der Waals surface area contributed by atoms with Crippen molar-refractivity contribution in [2.24, 2.45) is 4.99 Å². The number of rotatable bonds is 5. The number of nitrogens with one attached hydrogen (secondary N) is 2. The van der Waals surface area contributed by atoms with Crippen LogP contribution in [-0.4, -0.2) is 41.6 Å². The zero-order valence-electron chi connectivity index (χ0n) is 16.8. The van der Waals surface area contributed by atoms with Gasteiger partial charge < -0.3 is 15.5 Å². The van der Waals surface area contributed by atoms with Crippen LogP contribution in [0.3, 0.4) is 0 Å². The largest absolute Gasteiger partial charge is 0.417 e. The first-order valence-corrected chi connectivity index (χ1v) is 10.1. The Morgan fingerprint density at radius 1 is 1.37 bits per heavy atom. The van der Waals surface area contributed by atoms with E-state index < -0.39 is 11.7 Å². The number of pyridine rings is 2. The molecule has 0 spiro atoms. The number of nitrogens with zero attached hydrogens (tertiary/aromatic N) is 4. The van der Waals surface area contributed by atoms with E-state index >= 15 is 0 Å². The number of aliphatic imine (C=N–C) groups is 1. The predicted molar refractivity (Wildman–Crippen MR) is 112 cm³/mol. The van der Waals surface area contributed by atoms with Gasteiger partial charge in [-0.15, -0.1) is 0 Å². The normalized spacial score (nSPS) is 17.3. The standard InChI is InChI=1S/C20H24ClF3N6/c1-3-25-19(27-11-15-6-4-5-13(2)28-15)29-16-7-8-30(12-16)18-17(21)9-14(10-26-18)20(22,23)24/h4-6,9-10,16H,3,7-8,11-12H2,1-2H3,(H2,25,27,29). The number of alkyl halides is 3. The highest BCUT2D eigenvalue weighted by Gasteiger charge is 2.33. The summed E-state index contributed by atoms with van der Waals surface area (Å²) in [6.07, 6.45) is -2.86. The third-order valence-electron chi connectivity index (χ3n) is 4.67. The second-order valence-electron chi connectivity index (χ2n) is 7.07. The van der Waals surface area contributed by atoms with Crippen LogP contribution < -0.4 is 15.5 Å². The molecule has 162 valence electrons. The number of guanidine groups is 1. The van der Waals surface area contributed by atoms with Crippen LogP contribution in [0, 0.1) is 6.92 Å². The fourth-order valence-electron chi connectivity index (χ4n) is 3.25. The Bertz CT molecular complexity index is 902. The van der Waals surface area contributed by atoms with Crippen molar-refractivity contribution >= 4 is 23.4 Å². The fraction of sp³-hybridized carbons (Fsp3) is 0.450. The summed E-state index contributed by atoms with van der Waals surface area (Å²) in [6, 6.07) is 6.79. The molecule has 1 fully saturated rings. The molecule has 0 saturated carbocycles. The molecule has 1 saturated heterocycles. The van der Waals surface area contributed by atoms with Crippen LogP contribution in [0.1, 0.15) is 30.3 Å². The Balaban J connectivity index is 1.64. The monoisotopic (exact) mass is 440 g/mol. The van der Waals surface area contributed by atoms with Crippen LogP contribution in [0.2, 0.25) is 5.02 Å².